The van der Waals surface area contributed by atoms with Gasteiger partial charge in [0.05, 0.1) is 6.04 Å². The number of carbonyl (C=O) groups excluding carboxylic acids is 1. The average Bonchev–Trinajstić information content (AvgIpc) is 3.14. The van der Waals surface area contributed by atoms with Crippen molar-refractivity contribution in [2.75, 3.05) is 6.54 Å². The van der Waals surface area contributed by atoms with Gasteiger partial charge in [0.2, 0.25) is 4.47 Å². The van der Waals surface area contributed by atoms with Crippen LogP contribution in [0.1, 0.15) is 30.3 Å². The highest BCUT2D eigenvalue weighted by Crippen LogP contribution is 2.32. The predicted octanol–water partition coefficient (Wildman–Crippen LogP) is 3.67. The standard InChI is InChI=1S/C14H14ClN3O2S/c15-13-16-12(17-21-13)11-7-4-8-18(11)14(19)20-9-10-5-2-1-3-6-10/h1-3,5-6,11H,4,7-9H2/t11-/m0/s1. The van der Waals surface area contributed by atoms with Gasteiger partial charge in [-0.25, -0.2) is 9.78 Å². The highest BCUT2D eigenvalue weighted by atomic mass is 35.5. The summed E-state index contributed by atoms with van der Waals surface area (Å²) in [5.74, 6) is 0.610. The maximum absolute atomic E-state index is 12.2. The lowest BCUT2D eigenvalue weighted by atomic mass is 10.2. The molecular formula is C14H14ClN3O2S. The Morgan fingerprint density at radius 3 is 2.95 bits per heavy atom. The lowest BCUT2D eigenvalue weighted by molar-refractivity contribution is 0.0910. The Bertz CT molecular complexity index is 620. The van der Waals surface area contributed by atoms with Crippen LogP contribution in [0.3, 0.4) is 0 Å². The lowest BCUT2D eigenvalue weighted by Crippen LogP contribution is -2.31. The Hall–Kier alpha value is -1.66. The first-order chi connectivity index (χ1) is 10.2. The molecular weight excluding hydrogens is 310 g/mol. The van der Waals surface area contributed by atoms with Gasteiger partial charge in [0.15, 0.2) is 5.82 Å². The number of halogens is 1. The second-order valence-corrected chi connectivity index (χ2v) is 6.13. The predicted molar refractivity (Wildman–Crippen MR) is 80.2 cm³/mol. The number of aromatic nitrogens is 2. The molecule has 1 fully saturated rings. The molecule has 1 aliphatic heterocycles. The number of rotatable bonds is 3. The molecule has 110 valence electrons. The van der Waals surface area contributed by atoms with Crippen LogP contribution in [0, 0.1) is 0 Å². The first-order valence-electron chi connectivity index (χ1n) is 6.70. The van der Waals surface area contributed by atoms with Gasteiger partial charge in [-0.15, -0.1) is 0 Å². The van der Waals surface area contributed by atoms with Crippen LogP contribution in [0.25, 0.3) is 0 Å². The zero-order chi connectivity index (χ0) is 14.7. The van der Waals surface area contributed by atoms with Crippen molar-refractivity contribution < 1.29 is 9.53 Å². The lowest BCUT2D eigenvalue weighted by Gasteiger charge is -2.21. The monoisotopic (exact) mass is 323 g/mol. The molecule has 21 heavy (non-hydrogen) atoms. The van der Waals surface area contributed by atoms with E-state index in [1.807, 2.05) is 30.3 Å². The fraction of sp³-hybridized carbons (Fsp3) is 0.357. The Labute approximate surface area is 131 Å². The van der Waals surface area contributed by atoms with E-state index in [9.17, 15) is 4.79 Å². The van der Waals surface area contributed by atoms with Gasteiger partial charge >= 0.3 is 6.09 Å². The highest BCUT2D eigenvalue weighted by molar-refractivity contribution is 7.10. The molecule has 0 N–H and O–H groups in total. The van der Waals surface area contributed by atoms with Crippen LogP contribution in [0.15, 0.2) is 30.3 Å². The maximum Gasteiger partial charge on any atom is 0.410 e. The molecule has 0 spiro atoms. The molecule has 0 radical (unpaired) electrons. The summed E-state index contributed by atoms with van der Waals surface area (Å²) in [6, 6.07) is 9.50. The molecule has 0 bridgehead atoms. The van der Waals surface area contributed by atoms with Crippen molar-refractivity contribution in [3.63, 3.8) is 0 Å². The van der Waals surface area contributed by atoms with Crippen LogP contribution in [0.4, 0.5) is 4.79 Å². The first-order valence-corrected chi connectivity index (χ1v) is 7.85. The number of carbonyl (C=O) groups is 1. The van der Waals surface area contributed by atoms with Crippen LogP contribution in [-0.2, 0) is 11.3 Å². The molecule has 1 saturated heterocycles. The summed E-state index contributed by atoms with van der Waals surface area (Å²) in [6.07, 6.45) is 1.43. The fourth-order valence-corrected chi connectivity index (χ4v) is 3.06. The zero-order valence-corrected chi connectivity index (χ0v) is 12.8. The van der Waals surface area contributed by atoms with Crippen LogP contribution < -0.4 is 0 Å². The Morgan fingerprint density at radius 2 is 2.24 bits per heavy atom. The summed E-state index contributed by atoms with van der Waals surface area (Å²) >= 11 is 6.96. The molecule has 2 heterocycles. The van der Waals surface area contributed by atoms with Gasteiger partial charge in [0.25, 0.3) is 0 Å². The Balaban J connectivity index is 1.63. The molecule has 0 unspecified atom stereocenters. The number of likely N-dealkylation sites (tertiary alicyclic amines) is 1. The number of hydrogen-bond donors (Lipinski definition) is 0. The molecule has 3 rings (SSSR count). The third-order valence-electron chi connectivity index (χ3n) is 3.41. The second-order valence-electron chi connectivity index (χ2n) is 4.80. The number of ether oxygens (including phenoxy) is 1. The number of nitrogens with zero attached hydrogens (tertiary/aromatic N) is 3. The molecule has 7 heteroatoms. The van der Waals surface area contributed by atoms with E-state index in [0.717, 1.165) is 29.9 Å². The number of hydrogen-bond acceptors (Lipinski definition) is 5. The highest BCUT2D eigenvalue weighted by Gasteiger charge is 2.33. The van der Waals surface area contributed by atoms with Crippen molar-refractivity contribution in [1.82, 2.24) is 14.3 Å². The van der Waals surface area contributed by atoms with Crippen LogP contribution in [-0.4, -0.2) is 26.9 Å². The van der Waals surface area contributed by atoms with E-state index in [-0.39, 0.29) is 18.7 Å². The minimum Gasteiger partial charge on any atom is -0.445 e. The normalized spacial score (nSPS) is 18.0. The molecule has 1 aromatic carbocycles. The quantitative estimate of drug-likeness (QED) is 0.865. The van der Waals surface area contributed by atoms with E-state index in [1.165, 1.54) is 0 Å². The summed E-state index contributed by atoms with van der Waals surface area (Å²) in [7, 11) is 0. The number of amides is 1. The minimum absolute atomic E-state index is 0.128. The van der Waals surface area contributed by atoms with Gasteiger partial charge in [-0.05, 0) is 41.5 Å². The van der Waals surface area contributed by atoms with Gasteiger partial charge in [0, 0.05) is 6.54 Å². The minimum atomic E-state index is -0.327. The third-order valence-corrected chi connectivity index (χ3v) is 4.22. The zero-order valence-electron chi connectivity index (χ0n) is 11.2. The van der Waals surface area contributed by atoms with E-state index in [1.54, 1.807) is 4.90 Å². The van der Waals surface area contributed by atoms with Crippen LogP contribution >= 0.6 is 23.1 Å². The van der Waals surface area contributed by atoms with E-state index < -0.39 is 0 Å². The topological polar surface area (TPSA) is 55.3 Å². The Morgan fingerprint density at radius 1 is 1.43 bits per heavy atom. The van der Waals surface area contributed by atoms with E-state index in [0.29, 0.717) is 16.8 Å². The van der Waals surface area contributed by atoms with Gasteiger partial charge in [-0.2, -0.15) is 4.37 Å². The summed E-state index contributed by atoms with van der Waals surface area (Å²) < 4.78 is 9.97. The average molecular weight is 324 g/mol. The SMILES string of the molecule is O=C(OCc1ccccc1)N1CCC[C@H]1c1nsc(Cl)n1. The summed E-state index contributed by atoms with van der Waals surface area (Å²) in [5.41, 5.74) is 0.969. The van der Waals surface area contributed by atoms with Crippen molar-refractivity contribution in [3.8, 4) is 0 Å². The maximum atomic E-state index is 12.2. The fourth-order valence-electron chi connectivity index (χ4n) is 2.41. The van der Waals surface area contributed by atoms with Crippen molar-refractivity contribution in [2.45, 2.75) is 25.5 Å². The van der Waals surface area contributed by atoms with Crippen molar-refractivity contribution in [1.29, 1.82) is 0 Å². The molecule has 1 aliphatic rings. The third kappa shape index (κ3) is 3.33. The van der Waals surface area contributed by atoms with E-state index >= 15 is 0 Å². The van der Waals surface area contributed by atoms with Gasteiger partial charge in [0.1, 0.15) is 6.61 Å². The van der Waals surface area contributed by atoms with Crippen LogP contribution in [0.5, 0.6) is 0 Å². The smallest absolute Gasteiger partial charge is 0.410 e. The molecule has 1 amide bonds. The Kier molecular flexibility index (Phi) is 4.36. The van der Waals surface area contributed by atoms with Gasteiger partial charge < -0.3 is 4.74 Å². The largest absolute Gasteiger partial charge is 0.445 e. The summed E-state index contributed by atoms with van der Waals surface area (Å²) in [6.45, 7) is 0.934. The van der Waals surface area contributed by atoms with E-state index in [4.69, 9.17) is 16.3 Å². The molecule has 5 nitrogen and oxygen atoms in total. The molecule has 0 aliphatic carbocycles. The van der Waals surface area contributed by atoms with Gasteiger partial charge in [-0.3, -0.25) is 4.90 Å². The van der Waals surface area contributed by atoms with Crippen molar-refractivity contribution in [2.24, 2.45) is 0 Å². The summed E-state index contributed by atoms with van der Waals surface area (Å²) in [4.78, 5) is 18.1. The molecule has 2 aromatic rings. The van der Waals surface area contributed by atoms with Crippen LogP contribution in [0.2, 0.25) is 4.47 Å². The molecule has 1 atom stereocenters. The first kappa shape index (κ1) is 14.3. The summed E-state index contributed by atoms with van der Waals surface area (Å²) in [5, 5.41) is 0. The number of benzene rings is 1. The second kappa shape index (κ2) is 6.41. The van der Waals surface area contributed by atoms with Crippen molar-refractivity contribution >= 4 is 29.2 Å². The van der Waals surface area contributed by atoms with Gasteiger partial charge in [-0.1, -0.05) is 30.3 Å². The molecule has 1 aromatic heterocycles. The van der Waals surface area contributed by atoms with E-state index in [2.05, 4.69) is 9.36 Å². The molecule has 0 saturated carbocycles. The van der Waals surface area contributed by atoms with Crippen molar-refractivity contribution in [3.05, 3.63) is 46.2 Å².